The van der Waals surface area contributed by atoms with Gasteiger partial charge in [0.15, 0.2) is 23.3 Å². The first-order chi connectivity index (χ1) is 8.09. The van der Waals surface area contributed by atoms with Crippen LogP contribution in [0.15, 0.2) is 0 Å². The van der Waals surface area contributed by atoms with Crippen molar-refractivity contribution >= 4 is 13.5 Å². The van der Waals surface area contributed by atoms with Crippen molar-refractivity contribution in [1.29, 1.82) is 0 Å². The molecular formula is C11H13F5OSi. The average molecular weight is 284 g/mol. The second kappa shape index (κ2) is 4.97. The summed E-state index contributed by atoms with van der Waals surface area (Å²) in [5.41, 5.74) is 0. The summed E-state index contributed by atoms with van der Waals surface area (Å²) in [5, 5.41) is -0.826. The van der Waals surface area contributed by atoms with Gasteiger partial charge in [-0.2, -0.15) is 0 Å². The Kier molecular flexibility index (Phi) is 4.17. The van der Waals surface area contributed by atoms with Gasteiger partial charge in [-0.15, -0.1) is 0 Å². The third-order valence-corrected chi connectivity index (χ3v) is 5.05. The highest BCUT2D eigenvalue weighted by molar-refractivity contribution is 6.84. The molecule has 0 fully saturated rings. The molecule has 0 bridgehead atoms. The third kappa shape index (κ3) is 2.56. The van der Waals surface area contributed by atoms with Crippen molar-refractivity contribution in [3.8, 4) is 0 Å². The number of hydrogen-bond acceptors (Lipinski definition) is 1. The van der Waals surface area contributed by atoms with E-state index in [-0.39, 0.29) is 6.10 Å². The van der Waals surface area contributed by atoms with E-state index in [1.165, 1.54) is 13.1 Å². The predicted molar refractivity (Wildman–Crippen MR) is 59.6 cm³/mol. The van der Waals surface area contributed by atoms with Crippen LogP contribution in [0.4, 0.5) is 22.0 Å². The molecule has 7 heteroatoms. The molecule has 1 aromatic carbocycles. The largest absolute Gasteiger partial charge is 0.410 e. The minimum Gasteiger partial charge on any atom is -0.410 e. The molecule has 1 rings (SSSR count). The molecule has 0 atom stereocenters. The number of benzene rings is 1. The quantitative estimate of drug-likeness (QED) is 0.358. The first kappa shape index (κ1) is 15.1. The van der Waals surface area contributed by atoms with Gasteiger partial charge in [-0.1, -0.05) is 0 Å². The van der Waals surface area contributed by atoms with E-state index in [4.69, 9.17) is 4.43 Å². The van der Waals surface area contributed by atoms with E-state index >= 15 is 0 Å². The molecule has 0 amide bonds. The Morgan fingerprint density at radius 2 is 1.11 bits per heavy atom. The van der Waals surface area contributed by atoms with Gasteiger partial charge in [0.05, 0.1) is 0 Å². The minimum absolute atomic E-state index is 0.373. The average Bonchev–Trinajstić information content (AvgIpc) is 2.21. The first-order valence-electron chi connectivity index (χ1n) is 5.29. The molecule has 1 aromatic rings. The molecular weight excluding hydrogens is 271 g/mol. The minimum atomic E-state index is -3.21. The lowest BCUT2D eigenvalue weighted by atomic mass is 10.3. The second-order valence-electron chi connectivity index (χ2n) is 4.62. The van der Waals surface area contributed by atoms with Gasteiger partial charge in [0.25, 0.3) is 0 Å². The van der Waals surface area contributed by atoms with Crippen LogP contribution in [0.3, 0.4) is 0 Å². The fourth-order valence-electron chi connectivity index (χ4n) is 1.78. The summed E-state index contributed by atoms with van der Waals surface area (Å²) in [7, 11) is -3.21. The van der Waals surface area contributed by atoms with Gasteiger partial charge in [0.1, 0.15) is 0 Å². The third-order valence-electron chi connectivity index (χ3n) is 2.34. The summed E-state index contributed by atoms with van der Waals surface area (Å²) in [6.45, 7) is 6.01. The second-order valence-corrected chi connectivity index (χ2v) is 8.38. The molecule has 0 aliphatic heterocycles. The molecule has 0 heterocycles. The first-order valence-corrected chi connectivity index (χ1v) is 8.20. The van der Waals surface area contributed by atoms with Gasteiger partial charge in [-0.3, -0.25) is 0 Å². The van der Waals surface area contributed by atoms with E-state index in [9.17, 15) is 22.0 Å². The van der Waals surface area contributed by atoms with Gasteiger partial charge >= 0.3 is 0 Å². The van der Waals surface area contributed by atoms with Crippen LogP contribution in [-0.4, -0.2) is 14.4 Å². The molecule has 0 aromatic heterocycles. The Labute approximate surface area is 103 Å². The van der Waals surface area contributed by atoms with E-state index in [1.54, 1.807) is 13.8 Å². The zero-order chi connectivity index (χ0) is 14.2. The van der Waals surface area contributed by atoms with Crippen molar-refractivity contribution in [2.24, 2.45) is 0 Å². The molecule has 0 saturated carbocycles. The van der Waals surface area contributed by atoms with Gasteiger partial charge in [0.2, 0.25) is 14.1 Å². The fraction of sp³-hybridized carbons (Fsp3) is 0.455. The van der Waals surface area contributed by atoms with Crippen molar-refractivity contribution in [3.63, 3.8) is 0 Å². The Morgan fingerprint density at radius 3 is 1.44 bits per heavy atom. The van der Waals surface area contributed by atoms with Crippen LogP contribution in [0.25, 0.3) is 0 Å². The molecule has 0 radical (unpaired) electrons. The molecule has 18 heavy (non-hydrogen) atoms. The summed E-state index contributed by atoms with van der Waals surface area (Å²) in [4.78, 5) is 0. The van der Waals surface area contributed by atoms with E-state index in [2.05, 4.69) is 0 Å². The van der Waals surface area contributed by atoms with E-state index < -0.39 is 42.6 Å². The number of hydrogen-bond donors (Lipinski definition) is 0. The highest BCUT2D eigenvalue weighted by Gasteiger charge is 2.38. The topological polar surface area (TPSA) is 9.23 Å². The predicted octanol–water partition coefficient (Wildman–Crippen LogP) is 3.22. The molecule has 102 valence electrons. The Balaban J connectivity index is 3.50. The SMILES string of the molecule is CC(C)O[Si](C)(C)c1c(F)c(F)c(F)c(F)c1F. The van der Waals surface area contributed by atoms with Crippen LogP contribution in [0.5, 0.6) is 0 Å². The summed E-state index contributed by atoms with van der Waals surface area (Å²) < 4.78 is 71.6. The Morgan fingerprint density at radius 1 is 0.778 bits per heavy atom. The van der Waals surface area contributed by atoms with Crippen molar-refractivity contribution < 1.29 is 26.4 Å². The van der Waals surface area contributed by atoms with Gasteiger partial charge in [-0.05, 0) is 26.9 Å². The fourth-order valence-corrected chi connectivity index (χ4v) is 4.35. The maximum Gasteiger partial charge on any atom is 0.225 e. The Bertz CT molecular complexity index is 444. The monoisotopic (exact) mass is 284 g/mol. The summed E-state index contributed by atoms with van der Waals surface area (Å²) in [6.07, 6.45) is -0.373. The van der Waals surface area contributed by atoms with Crippen LogP contribution in [-0.2, 0) is 4.43 Å². The summed E-state index contributed by atoms with van der Waals surface area (Å²) in [5.74, 6) is -9.62. The van der Waals surface area contributed by atoms with Gasteiger partial charge in [0, 0.05) is 11.3 Å². The Hall–Kier alpha value is -0.953. The molecule has 0 spiro atoms. The van der Waals surface area contributed by atoms with E-state index in [1.807, 2.05) is 0 Å². The zero-order valence-corrected chi connectivity index (χ0v) is 11.4. The molecule has 0 aliphatic carbocycles. The van der Waals surface area contributed by atoms with Crippen molar-refractivity contribution in [3.05, 3.63) is 29.1 Å². The van der Waals surface area contributed by atoms with Crippen LogP contribution < -0.4 is 5.19 Å². The molecule has 1 nitrogen and oxygen atoms in total. The van der Waals surface area contributed by atoms with Crippen LogP contribution in [0.2, 0.25) is 13.1 Å². The standard InChI is InChI=1S/C11H13F5OSi/c1-5(2)17-18(3,4)11-9(15)7(13)6(12)8(14)10(11)16/h5H,1-4H3. The highest BCUT2D eigenvalue weighted by atomic mass is 28.4. The van der Waals surface area contributed by atoms with E-state index in [0.29, 0.717) is 0 Å². The maximum absolute atomic E-state index is 13.6. The summed E-state index contributed by atoms with van der Waals surface area (Å²) in [6, 6.07) is 0. The lowest BCUT2D eigenvalue weighted by Crippen LogP contribution is -2.51. The summed E-state index contributed by atoms with van der Waals surface area (Å²) >= 11 is 0. The molecule has 0 aliphatic rings. The van der Waals surface area contributed by atoms with E-state index in [0.717, 1.165) is 0 Å². The number of rotatable bonds is 3. The van der Waals surface area contributed by atoms with Crippen molar-refractivity contribution in [2.75, 3.05) is 0 Å². The highest BCUT2D eigenvalue weighted by Crippen LogP contribution is 2.21. The lowest BCUT2D eigenvalue weighted by Gasteiger charge is -2.27. The molecule has 0 N–H and O–H groups in total. The van der Waals surface area contributed by atoms with Crippen molar-refractivity contribution in [2.45, 2.75) is 33.0 Å². The zero-order valence-electron chi connectivity index (χ0n) is 10.4. The van der Waals surface area contributed by atoms with Crippen molar-refractivity contribution in [1.82, 2.24) is 0 Å². The normalized spacial score (nSPS) is 12.3. The lowest BCUT2D eigenvalue weighted by molar-refractivity contribution is 0.236. The molecule has 0 saturated heterocycles. The number of halogens is 5. The van der Waals surface area contributed by atoms with Crippen LogP contribution >= 0.6 is 0 Å². The molecule has 0 unspecified atom stereocenters. The van der Waals surface area contributed by atoms with Crippen LogP contribution in [0, 0.1) is 29.1 Å². The van der Waals surface area contributed by atoms with Crippen LogP contribution in [0.1, 0.15) is 13.8 Å². The smallest absolute Gasteiger partial charge is 0.225 e. The maximum atomic E-state index is 13.6. The van der Waals surface area contributed by atoms with Gasteiger partial charge in [-0.25, -0.2) is 22.0 Å². The van der Waals surface area contributed by atoms with Gasteiger partial charge < -0.3 is 4.43 Å².